The second kappa shape index (κ2) is 2.12. The van der Waals surface area contributed by atoms with Crippen LogP contribution < -0.4 is 16.4 Å². The van der Waals surface area contributed by atoms with E-state index >= 15 is 0 Å². The Hall–Kier alpha value is -0.770. The quantitative estimate of drug-likeness (QED) is 0.403. The summed E-state index contributed by atoms with van der Waals surface area (Å²) in [6, 6.07) is 0.453. The predicted molar refractivity (Wildman–Crippen MR) is 39.6 cm³/mol. The highest BCUT2D eigenvalue weighted by atomic mass is 15.3. The summed E-state index contributed by atoms with van der Waals surface area (Å²) in [6.45, 7) is 1.07. The van der Waals surface area contributed by atoms with Crippen molar-refractivity contribution in [2.24, 2.45) is 10.7 Å². The van der Waals surface area contributed by atoms with Crippen LogP contribution in [-0.4, -0.2) is 24.7 Å². The van der Waals surface area contributed by atoms with Crippen LogP contribution in [-0.2, 0) is 0 Å². The van der Waals surface area contributed by atoms with Gasteiger partial charge in [0.25, 0.3) is 0 Å². The molecule has 4 heteroatoms. The molecule has 1 fully saturated rings. The molecular weight excluding hydrogens is 128 g/mol. The molecule has 2 aliphatic heterocycles. The van der Waals surface area contributed by atoms with E-state index in [9.17, 15) is 0 Å². The fourth-order valence-electron chi connectivity index (χ4n) is 1.54. The zero-order chi connectivity index (χ0) is 6.97. The van der Waals surface area contributed by atoms with Crippen molar-refractivity contribution in [3.05, 3.63) is 0 Å². The average molecular weight is 140 g/mol. The molecule has 1 saturated heterocycles. The molecule has 0 aromatic rings. The minimum atomic E-state index is 0.244. The van der Waals surface area contributed by atoms with Gasteiger partial charge in [0.2, 0.25) is 0 Å². The molecule has 0 aromatic heterocycles. The third kappa shape index (κ3) is 0.844. The molecular formula is C6H12N4. The summed E-state index contributed by atoms with van der Waals surface area (Å²) < 4.78 is 0. The van der Waals surface area contributed by atoms with E-state index in [1.807, 2.05) is 0 Å². The lowest BCUT2D eigenvalue weighted by molar-refractivity contribution is 0.360. The maximum Gasteiger partial charge on any atom is 0.190 e. The van der Waals surface area contributed by atoms with E-state index in [0.717, 1.165) is 6.54 Å². The number of guanidine groups is 1. The lowest BCUT2D eigenvalue weighted by Gasteiger charge is -2.24. The Labute approximate surface area is 59.9 Å². The topological polar surface area (TPSA) is 62.4 Å². The van der Waals surface area contributed by atoms with Crippen LogP contribution in [0, 0.1) is 0 Å². The molecule has 0 saturated carbocycles. The summed E-state index contributed by atoms with van der Waals surface area (Å²) >= 11 is 0. The first kappa shape index (κ1) is 5.97. The van der Waals surface area contributed by atoms with Gasteiger partial charge < -0.3 is 11.1 Å². The Morgan fingerprint density at radius 1 is 1.60 bits per heavy atom. The average Bonchev–Trinajstić information content (AvgIpc) is 2.27. The van der Waals surface area contributed by atoms with E-state index in [1.54, 1.807) is 0 Å². The van der Waals surface area contributed by atoms with Gasteiger partial charge >= 0.3 is 0 Å². The van der Waals surface area contributed by atoms with Gasteiger partial charge in [-0.2, -0.15) is 0 Å². The number of nitrogens with zero attached hydrogens (tertiary/aromatic N) is 1. The van der Waals surface area contributed by atoms with Gasteiger partial charge in [-0.05, 0) is 19.4 Å². The normalized spacial score (nSPS) is 38.2. The second-order valence-corrected chi connectivity index (χ2v) is 2.81. The third-order valence-corrected chi connectivity index (χ3v) is 2.04. The van der Waals surface area contributed by atoms with Gasteiger partial charge in [-0.1, -0.05) is 0 Å². The van der Waals surface area contributed by atoms with Gasteiger partial charge in [-0.25, -0.2) is 4.99 Å². The number of nitrogens with one attached hydrogen (secondary N) is 2. The maximum absolute atomic E-state index is 5.49. The number of hydrogen-bond donors (Lipinski definition) is 3. The Bertz CT molecular complexity index is 165. The molecule has 4 nitrogen and oxygen atoms in total. The molecule has 10 heavy (non-hydrogen) atoms. The summed E-state index contributed by atoms with van der Waals surface area (Å²) in [5, 5.41) is 6.40. The Morgan fingerprint density at radius 3 is 3.30 bits per heavy atom. The van der Waals surface area contributed by atoms with Crippen molar-refractivity contribution in [2.75, 3.05) is 6.54 Å². The van der Waals surface area contributed by atoms with E-state index in [4.69, 9.17) is 5.73 Å². The van der Waals surface area contributed by atoms with Crippen molar-refractivity contribution in [3.63, 3.8) is 0 Å². The summed E-state index contributed by atoms with van der Waals surface area (Å²) in [5.41, 5.74) is 5.49. The fraction of sp³-hybridized carbons (Fsp3) is 0.833. The summed E-state index contributed by atoms with van der Waals surface area (Å²) in [6.07, 6.45) is 2.65. The van der Waals surface area contributed by atoms with E-state index in [1.165, 1.54) is 12.8 Å². The van der Waals surface area contributed by atoms with Crippen LogP contribution in [0.25, 0.3) is 0 Å². The molecule has 0 aliphatic carbocycles. The highest BCUT2D eigenvalue weighted by Crippen LogP contribution is 2.12. The standard InChI is InChI=1S/C6H12N4/c7-6-9-4-2-1-3-8-5(4)10-6/h4-5,8H,1-3H2,(H3,7,9,10)/t4-,5-/m0/s1. The highest BCUT2D eigenvalue weighted by molar-refractivity contribution is 5.80. The van der Waals surface area contributed by atoms with Crippen molar-refractivity contribution in [3.8, 4) is 0 Å². The van der Waals surface area contributed by atoms with Crippen molar-refractivity contribution in [1.82, 2.24) is 10.6 Å². The molecule has 0 radical (unpaired) electrons. The highest BCUT2D eigenvalue weighted by Gasteiger charge is 2.28. The summed E-state index contributed by atoms with van der Waals surface area (Å²) in [5.74, 6) is 0.587. The minimum Gasteiger partial charge on any atom is -0.370 e. The first-order chi connectivity index (χ1) is 4.86. The van der Waals surface area contributed by atoms with Crippen molar-refractivity contribution in [1.29, 1.82) is 0 Å². The summed E-state index contributed by atoms with van der Waals surface area (Å²) in [7, 11) is 0. The molecule has 56 valence electrons. The molecule has 2 rings (SSSR count). The van der Waals surface area contributed by atoms with Gasteiger partial charge in [-0.15, -0.1) is 0 Å². The number of piperidine rings is 1. The molecule has 0 bridgehead atoms. The monoisotopic (exact) mass is 140 g/mol. The van der Waals surface area contributed by atoms with E-state index < -0.39 is 0 Å². The lowest BCUT2D eigenvalue weighted by atomic mass is 10.1. The third-order valence-electron chi connectivity index (χ3n) is 2.04. The van der Waals surface area contributed by atoms with Gasteiger partial charge in [0.1, 0.15) is 6.17 Å². The first-order valence-electron chi connectivity index (χ1n) is 3.69. The minimum absolute atomic E-state index is 0.244. The van der Waals surface area contributed by atoms with Crippen LogP contribution in [0.3, 0.4) is 0 Å². The van der Waals surface area contributed by atoms with Crippen LogP contribution >= 0.6 is 0 Å². The van der Waals surface area contributed by atoms with Crippen molar-refractivity contribution < 1.29 is 0 Å². The van der Waals surface area contributed by atoms with Crippen molar-refractivity contribution in [2.45, 2.75) is 25.0 Å². The van der Waals surface area contributed by atoms with Crippen LogP contribution in [0.5, 0.6) is 0 Å². The molecule has 0 aromatic carbocycles. The molecule has 0 amide bonds. The zero-order valence-electron chi connectivity index (χ0n) is 5.80. The van der Waals surface area contributed by atoms with E-state index in [0.29, 0.717) is 12.0 Å². The fourth-order valence-corrected chi connectivity index (χ4v) is 1.54. The summed E-state index contributed by atoms with van der Waals surface area (Å²) in [4.78, 5) is 4.18. The Balaban J connectivity index is 2.06. The van der Waals surface area contributed by atoms with Gasteiger partial charge in [0.05, 0.1) is 6.04 Å². The number of nitrogens with two attached hydrogens (primary N) is 1. The number of fused-ring (bicyclic) bond motifs is 1. The van der Waals surface area contributed by atoms with Crippen LogP contribution in [0.15, 0.2) is 4.99 Å². The van der Waals surface area contributed by atoms with Crippen LogP contribution in [0.4, 0.5) is 0 Å². The van der Waals surface area contributed by atoms with Gasteiger partial charge in [0.15, 0.2) is 5.96 Å². The van der Waals surface area contributed by atoms with Crippen molar-refractivity contribution >= 4 is 5.96 Å². The molecule has 2 atom stereocenters. The molecule has 2 heterocycles. The first-order valence-corrected chi connectivity index (χ1v) is 3.69. The molecule has 0 spiro atoms. The Morgan fingerprint density at radius 2 is 2.50 bits per heavy atom. The van der Waals surface area contributed by atoms with Gasteiger partial charge in [0, 0.05) is 0 Å². The molecule has 2 aliphatic rings. The smallest absolute Gasteiger partial charge is 0.190 e. The molecule has 0 unspecified atom stereocenters. The zero-order valence-corrected chi connectivity index (χ0v) is 5.80. The number of aliphatic imine (C=N–C) groups is 1. The predicted octanol–water partition coefficient (Wildman–Crippen LogP) is -1.02. The largest absolute Gasteiger partial charge is 0.370 e. The number of rotatable bonds is 0. The van der Waals surface area contributed by atoms with E-state index in [-0.39, 0.29) is 6.17 Å². The Kier molecular flexibility index (Phi) is 1.27. The second-order valence-electron chi connectivity index (χ2n) is 2.81. The van der Waals surface area contributed by atoms with Crippen LogP contribution in [0.1, 0.15) is 12.8 Å². The lowest BCUT2D eigenvalue weighted by Crippen LogP contribution is -2.47. The van der Waals surface area contributed by atoms with Crippen LogP contribution in [0.2, 0.25) is 0 Å². The molecule has 4 N–H and O–H groups in total. The maximum atomic E-state index is 5.49. The van der Waals surface area contributed by atoms with Gasteiger partial charge in [-0.3, -0.25) is 5.32 Å². The van der Waals surface area contributed by atoms with E-state index in [2.05, 4.69) is 15.6 Å². The SMILES string of the molecule is NC1=N[C@@H]2NCCC[C@@H]2N1. The number of hydrogen-bond acceptors (Lipinski definition) is 4.